The van der Waals surface area contributed by atoms with Crippen LogP contribution in [0.15, 0.2) is 64.6 Å². The Morgan fingerprint density at radius 3 is 2.62 bits per heavy atom. The highest BCUT2D eigenvalue weighted by atomic mass is 127. The van der Waals surface area contributed by atoms with Gasteiger partial charge in [-0.1, -0.05) is 38.1 Å². The van der Waals surface area contributed by atoms with E-state index in [0.29, 0.717) is 35.6 Å². The Morgan fingerprint density at radius 2 is 1.93 bits per heavy atom. The van der Waals surface area contributed by atoms with Gasteiger partial charge in [0.2, 0.25) is 5.91 Å². The summed E-state index contributed by atoms with van der Waals surface area (Å²) in [6.45, 7) is 4.34. The number of hydrogen-bond donors (Lipinski definition) is 3. The highest BCUT2D eigenvalue weighted by Gasteiger charge is 2.41. The maximum Gasteiger partial charge on any atom is 0.289 e. The van der Waals surface area contributed by atoms with Gasteiger partial charge in [-0.2, -0.15) is 0 Å². The van der Waals surface area contributed by atoms with Gasteiger partial charge in [0.1, 0.15) is 18.0 Å². The Kier molecular flexibility index (Phi) is 10.1. The van der Waals surface area contributed by atoms with Gasteiger partial charge in [-0.15, -0.1) is 0 Å². The summed E-state index contributed by atoms with van der Waals surface area (Å²) in [6.07, 6.45) is 0.372. The molecule has 10 heteroatoms. The number of carbonyl (C=O) groups excluding carboxylic acids is 2. The first kappa shape index (κ1) is 29.9. The van der Waals surface area contributed by atoms with Gasteiger partial charge < -0.3 is 34.3 Å². The van der Waals surface area contributed by atoms with E-state index < -0.39 is 24.2 Å². The number of aliphatic hydroxyl groups is 2. The van der Waals surface area contributed by atoms with Gasteiger partial charge >= 0.3 is 0 Å². The van der Waals surface area contributed by atoms with Crippen LogP contribution in [0.25, 0.3) is 11.0 Å². The smallest absolute Gasteiger partial charge is 0.289 e. The lowest BCUT2D eigenvalue weighted by Crippen LogP contribution is -2.55. The van der Waals surface area contributed by atoms with Crippen molar-refractivity contribution in [1.29, 1.82) is 0 Å². The highest BCUT2D eigenvalue weighted by molar-refractivity contribution is 14.1. The molecule has 1 aromatic heterocycles. The van der Waals surface area contributed by atoms with Crippen molar-refractivity contribution in [1.82, 2.24) is 10.2 Å². The number of methoxy groups -OCH3 is 1. The molecule has 2 amide bonds. The van der Waals surface area contributed by atoms with Crippen LogP contribution in [0.2, 0.25) is 0 Å². The number of ether oxygens (including phenoxy) is 2. The first-order valence-electron chi connectivity index (χ1n) is 13.3. The lowest BCUT2D eigenvalue weighted by molar-refractivity contribution is -0.118. The van der Waals surface area contributed by atoms with Gasteiger partial charge in [-0.3, -0.25) is 9.59 Å². The van der Waals surface area contributed by atoms with Crippen molar-refractivity contribution >= 4 is 45.4 Å². The summed E-state index contributed by atoms with van der Waals surface area (Å²) < 4.78 is 18.4. The molecular weight excluding hydrogens is 627 g/mol. The first-order valence-corrected chi connectivity index (χ1v) is 14.4. The Balaban J connectivity index is 1.72. The maximum atomic E-state index is 14.0. The Hall–Kier alpha value is -3.09. The first-order chi connectivity index (χ1) is 19.2. The summed E-state index contributed by atoms with van der Waals surface area (Å²) in [5.74, 6) is 0.697. The van der Waals surface area contributed by atoms with Crippen molar-refractivity contribution in [3.8, 4) is 11.5 Å². The number of amides is 2. The van der Waals surface area contributed by atoms with Crippen LogP contribution in [-0.4, -0.2) is 72.0 Å². The fourth-order valence-electron chi connectivity index (χ4n) is 4.73. The minimum Gasteiger partial charge on any atom is -0.493 e. The highest BCUT2D eigenvalue weighted by Crippen LogP contribution is 2.33. The molecule has 0 bridgehead atoms. The second-order valence-electron chi connectivity index (χ2n) is 10.1. The van der Waals surface area contributed by atoms with E-state index in [1.54, 1.807) is 29.2 Å². The minimum absolute atomic E-state index is 0.0856. The predicted octanol–water partition coefficient (Wildman–Crippen LogP) is 4.15. The molecular formula is C30H35IN2O7. The number of benzene rings is 2. The second kappa shape index (κ2) is 13.5. The van der Waals surface area contributed by atoms with Gasteiger partial charge in [0.15, 0.2) is 17.1 Å². The van der Waals surface area contributed by atoms with E-state index in [0.717, 1.165) is 8.96 Å². The molecule has 4 rings (SSSR count). The summed E-state index contributed by atoms with van der Waals surface area (Å²) in [7, 11) is 1.54. The van der Waals surface area contributed by atoms with E-state index in [1.807, 2.05) is 30.3 Å². The summed E-state index contributed by atoms with van der Waals surface area (Å²) >= 11 is 2.15. The molecule has 2 aromatic carbocycles. The largest absolute Gasteiger partial charge is 0.493 e. The number of nitrogens with one attached hydrogen (secondary N) is 1. The van der Waals surface area contributed by atoms with Crippen LogP contribution in [0, 0.1) is 9.49 Å². The number of rotatable bonds is 11. The fourth-order valence-corrected chi connectivity index (χ4v) is 5.24. The van der Waals surface area contributed by atoms with Crippen LogP contribution < -0.4 is 14.8 Å². The van der Waals surface area contributed by atoms with Crippen LogP contribution in [0.1, 0.15) is 37.2 Å². The Morgan fingerprint density at radius 1 is 1.18 bits per heavy atom. The number of fused-ring (bicyclic) bond motifs is 1. The average Bonchev–Trinajstić information content (AvgIpc) is 3.39. The quantitative estimate of drug-likeness (QED) is 0.264. The fraction of sp³-hybridized carbons (Fsp3) is 0.400. The van der Waals surface area contributed by atoms with Gasteiger partial charge in [-0.25, -0.2) is 0 Å². The van der Waals surface area contributed by atoms with Crippen molar-refractivity contribution in [2.24, 2.45) is 5.92 Å². The van der Waals surface area contributed by atoms with E-state index in [9.17, 15) is 19.8 Å². The third kappa shape index (κ3) is 6.79. The Bertz CT molecular complexity index is 1370. The molecule has 1 aliphatic rings. The number of para-hydroxylation sites is 2. The number of nitrogens with zero attached hydrogens (tertiary/aromatic N) is 1. The molecule has 0 fully saturated rings. The molecule has 0 unspecified atom stereocenters. The molecule has 1 heterocycles. The van der Waals surface area contributed by atoms with E-state index in [4.69, 9.17) is 13.9 Å². The van der Waals surface area contributed by atoms with E-state index in [2.05, 4.69) is 41.8 Å². The standard InChI is InChI=1S/C30H35IN2O7/c1-18(2)11-13-33(30(37)26-16-19-7-6-10-24(38-3)28(19)40-26)22-15-20(29(36)32-12-14-34)17-25(27(22)35)39-23-9-5-4-8-21(23)31/h4-10,16-18,22,25,27,34-35H,11-15H2,1-3H3,(H,32,36)/t22-,25+,27+/m1/s1. The van der Waals surface area contributed by atoms with Gasteiger partial charge in [0.25, 0.3) is 5.91 Å². The molecule has 214 valence electrons. The lowest BCUT2D eigenvalue weighted by Gasteiger charge is -2.40. The van der Waals surface area contributed by atoms with Crippen molar-refractivity contribution in [3.63, 3.8) is 0 Å². The van der Waals surface area contributed by atoms with E-state index >= 15 is 0 Å². The third-order valence-corrected chi connectivity index (χ3v) is 7.75. The molecule has 9 nitrogen and oxygen atoms in total. The van der Waals surface area contributed by atoms with Crippen molar-refractivity contribution in [2.75, 3.05) is 26.8 Å². The minimum atomic E-state index is -1.12. The molecule has 0 spiro atoms. The summed E-state index contributed by atoms with van der Waals surface area (Å²) in [5, 5.41) is 24.2. The average molecular weight is 663 g/mol. The number of hydrogen-bond acceptors (Lipinski definition) is 7. The van der Waals surface area contributed by atoms with Gasteiger partial charge in [-0.05, 0) is 65.3 Å². The van der Waals surface area contributed by atoms with Gasteiger partial charge in [0.05, 0.1) is 23.3 Å². The molecule has 0 radical (unpaired) electrons. The molecule has 3 N–H and O–H groups in total. The monoisotopic (exact) mass is 662 g/mol. The van der Waals surface area contributed by atoms with Crippen molar-refractivity contribution in [3.05, 3.63) is 69.5 Å². The number of aliphatic hydroxyl groups excluding tert-OH is 2. The number of furan rings is 1. The Labute approximate surface area is 247 Å². The summed E-state index contributed by atoms with van der Waals surface area (Å²) in [4.78, 5) is 28.6. The van der Waals surface area contributed by atoms with Crippen LogP contribution in [0.3, 0.4) is 0 Å². The van der Waals surface area contributed by atoms with Crippen molar-refractivity contribution < 1.29 is 33.7 Å². The molecule has 0 saturated carbocycles. The maximum absolute atomic E-state index is 14.0. The molecule has 40 heavy (non-hydrogen) atoms. The van der Waals surface area contributed by atoms with Gasteiger partial charge in [0, 0.05) is 30.5 Å². The lowest BCUT2D eigenvalue weighted by atomic mass is 9.87. The summed E-state index contributed by atoms with van der Waals surface area (Å²) in [6, 6.07) is 13.7. The van der Waals surface area contributed by atoms with Crippen LogP contribution in [-0.2, 0) is 4.79 Å². The molecule has 0 aliphatic heterocycles. The van der Waals surface area contributed by atoms with E-state index in [1.165, 1.54) is 7.11 Å². The van der Waals surface area contributed by atoms with Crippen molar-refractivity contribution in [2.45, 2.75) is 44.9 Å². The third-order valence-electron chi connectivity index (χ3n) is 6.86. The number of halogens is 1. The molecule has 0 saturated heterocycles. The van der Waals surface area contributed by atoms with Crippen LogP contribution >= 0.6 is 22.6 Å². The van der Waals surface area contributed by atoms with Crippen LogP contribution in [0.5, 0.6) is 11.5 Å². The zero-order valence-electron chi connectivity index (χ0n) is 22.8. The zero-order valence-corrected chi connectivity index (χ0v) is 25.0. The molecule has 3 aromatic rings. The normalized spacial score (nSPS) is 18.9. The zero-order chi connectivity index (χ0) is 28.8. The summed E-state index contributed by atoms with van der Waals surface area (Å²) in [5.41, 5.74) is 0.832. The molecule has 1 aliphatic carbocycles. The SMILES string of the molecule is COc1cccc2cc(C(=O)N(CCC(C)C)[C@@H]3CC(C(=O)NCCO)=C[C@H](Oc4ccccc4I)[C@H]3O)oc12. The topological polar surface area (TPSA) is 121 Å². The second-order valence-corrected chi connectivity index (χ2v) is 11.3. The predicted molar refractivity (Wildman–Crippen MR) is 159 cm³/mol. The van der Waals surface area contributed by atoms with Crippen LogP contribution in [0.4, 0.5) is 0 Å². The number of carbonyl (C=O) groups is 2. The molecule has 3 atom stereocenters. The van der Waals surface area contributed by atoms with E-state index in [-0.39, 0.29) is 37.2 Å².